The number of nitro benzene ring substituents is 1. The third-order valence-electron chi connectivity index (χ3n) is 13.1. The molecule has 3 N–H and O–H groups in total. The molecule has 9 rings (SSSR count). The number of pyridine rings is 1. The molecule has 2 saturated heterocycles. The van der Waals surface area contributed by atoms with Crippen molar-refractivity contribution in [2.24, 2.45) is 5.41 Å². The van der Waals surface area contributed by atoms with Crippen LogP contribution in [0.1, 0.15) is 55.5 Å². The maximum absolute atomic E-state index is 14.4. The highest BCUT2D eigenvalue weighted by Gasteiger charge is 2.32. The summed E-state index contributed by atoms with van der Waals surface area (Å²) < 4.78 is 41.7. The zero-order valence-electron chi connectivity index (χ0n) is 37.4. The normalized spacial score (nSPS) is 18.4. The van der Waals surface area contributed by atoms with Crippen molar-refractivity contribution in [1.82, 2.24) is 24.5 Å². The number of nitrogens with zero attached hydrogens (tertiary/aromatic N) is 6. The van der Waals surface area contributed by atoms with E-state index in [1.54, 1.807) is 12.3 Å². The number of carbonyl (C=O) groups is 1. The number of anilines is 4. The van der Waals surface area contributed by atoms with Gasteiger partial charge in [-0.25, -0.2) is 13.1 Å². The molecule has 0 atom stereocenters. The van der Waals surface area contributed by atoms with E-state index in [4.69, 9.17) is 26.1 Å². The number of hydrogen-bond acceptors (Lipinski definition) is 13. The van der Waals surface area contributed by atoms with Gasteiger partial charge in [-0.15, -0.1) is 0 Å². The summed E-state index contributed by atoms with van der Waals surface area (Å²) in [6.45, 7) is 13.4. The molecule has 0 saturated carbocycles. The fourth-order valence-electron chi connectivity index (χ4n) is 9.43. The lowest BCUT2D eigenvalue weighted by Crippen LogP contribution is -2.47. The Balaban J connectivity index is 0.975. The molecule has 3 aromatic carbocycles. The molecular weight excluding hydrogens is 882 g/mol. The smallest absolute Gasteiger partial charge is 0.293 e. The number of halogens is 1. The second-order valence-corrected chi connectivity index (χ2v) is 20.3. The number of nitro groups is 1. The summed E-state index contributed by atoms with van der Waals surface area (Å²) in [5.41, 5.74) is 6.91. The van der Waals surface area contributed by atoms with Crippen LogP contribution >= 0.6 is 11.6 Å². The van der Waals surface area contributed by atoms with Crippen molar-refractivity contribution in [2.45, 2.75) is 44.4 Å². The molecule has 1 aliphatic carbocycles. The summed E-state index contributed by atoms with van der Waals surface area (Å²) in [7, 11) is -4.57. The van der Waals surface area contributed by atoms with Crippen molar-refractivity contribution in [3.8, 4) is 5.88 Å². The van der Waals surface area contributed by atoms with Crippen LogP contribution in [0.5, 0.6) is 5.88 Å². The molecule has 2 fully saturated rings. The number of sulfonamides is 1. The molecule has 5 aromatic rings. The molecule has 66 heavy (non-hydrogen) atoms. The van der Waals surface area contributed by atoms with Gasteiger partial charge in [-0.3, -0.25) is 24.7 Å². The van der Waals surface area contributed by atoms with Crippen LogP contribution in [0.25, 0.3) is 16.6 Å². The van der Waals surface area contributed by atoms with Gasteiger partial charge in [-0.05, 0) is 96.8 Å². The first kappa shape index (κ1) is 45.4. The number of benzene rings is 3. The summed E-state index contributed by atoms with van der Waals surface area (Å²) in [6, 6.07) is 21.2. The zero-order chi connectivity index (χ0) is 46.0. The lowest BCUT2D eigenvalue weighted by molar-refractivity contribution is -0.384. The number of H-pyrrole nitrogens is 1. The van der Waals surface area contributed by atoms with Crippen LogP contribution in [0.4, 0.5) is 28.4 Å². The standard InChI is InChI=1S/C48H56ClN9O7S/c1-48(2)14-12-35(40(31-48)33-4-6-36(49)7-5-33)32-55-19-21-56(22-20-55)37-8-10-39(42(29-37)57-17-3-25-65-47-44(57)28-34-13-15-51-45(34)52-47)46(59)53-66(62,63)38-9-11-41(43(30-38)58(60)61)50-16-18-54-23-26-64-27-24-54/h4-11,13,15,28-30,50H,3,12,14,16-27,31-32H2,1-2H3,(H,51,52)(H,53,59). The largest absolute Gasteiger partial charge is 0.476 e. The van der Waals surface area contributed by atoms with Gasteiger partial charge in [-0.1, -0.05) is 43.2 Å². The molecule has 0 bridgehead atoms. The Hall–Kier alpha value is -5.72. The first-order valence-electron chi connectivity index (χ1n) is 22.7. The van der Waals surface area contributed by atoms with E-state index in [1.807, 2.05) is 41.3 Å². The first-order chi connectivity index (χ1) is 31.8. The zero-order valence-corrected chi connectivity index (χ0v) is 38.9. The van der Waals surface area contributed by atoms with Gasteiger partial charge in [0.1, 0.15) is 17.0 Å². The predicted molar refractivity (Wildman–Crippen MR) is 258 cm³/mol. The minimum Gasteiger partial charge on any atom is -0.476 e. The Morgan fingerprint density at radius 2 is 1.71 bits per heavy atom. The number of hydrogen-bond donors (Lipinski definition) is 3. The third-order valence-corrected chi connectivity index (χ3v) is 14.7. The van der Waals surface area contributed by atoms with Gasteiger partial charge in [0.15, 0.2) is 0 Å². The summed E-state index contributed by atoms with van der Waals surface area (Å²) in [5, 5.41) is 16.9. The highest BCUT2D eigenvalue weighted by Crippen LogP contribution is 2.44. The number of aromatic nitrogens is 2. The molecule has 0 radical (unpaired) electrons. The number of morpholine rings is 1. The second-order valence-electron chi connectivity index (χ2n) is 18.2. The fourth-order valence-corrected chi connectivity index (χ4v) is 10.5. The van der Waals surface area contributed by atoms with Crippen molar-refractivity contribution in [1.29, 1.82) is 0 Å². The van der Waals surface area contributed by atoms with Crippen molar-refractivity contribution in [3.05, 3.63) is 111 Å². The van der Waals surface area contributed by atoms with Crippen LogP contribution in [-0.4, -0.2) is 124 Å². The minimum atomic E-state index is -4.57. The van der Waals surface area contributed by atoms with Crippen LogP contribution in [0.2, 0.25) is 5.02 Å². The molecule has 2 aromatic heterocycles. The Morgan fingerprint density at radius 1 is 0.924 bits per heavy atom. The Kier molecular flexibility index (Phi) is 13.3. The van der Waals surface area contributed by atoms with E-state index >= 15 is 0 Å². The van der Waals surface area contributed by atoms with Crippen LogP contribution in [0.3, 0.4) is 0 Å². The van der Waals surface area contributed by atoms with Gasteiger partial charge in [0.05, 0.1) is 40.9 Å². The summed E-state index contributed by atoms with van der Waals surface area (Å²) in [4.78, 5) is 42.4. The maximum Gasteiger partial charge on any atom is 0.293 e. The number of carbonyl (C=O) groups excluding carboxylic acids is 1. The average molecular weight is 939 g/mol. The van der Waals surface area contributed by atoms with Gasteiger partial charge >= 0.3 is 0 Å². The average Bonchev–Trinajstić information content (AvgIpc) is 3.67. The molecule has 3 aliphatic heterocycles. The lowest BCUT2D eigenvalue weighted by Gasteiger charge is -2.39. The number of piperazine rings is 1. The summed E-state index contributed by atoms with van der Waals surface area (Å²) in [5.74, 6) is -0.482. The van der Waals surface area contributed by atoms with E-state index < -0.39 is 31.4 Å². The maximum atomic E-state index is 14.4. The Labute approximate surface area is 390 Å². The molecule has 348 valence electrons. The predicted octanol–water partition coefficient (Wildman–Crippen LogP) is 7.69. The highest BCUT2D eigenvalue weighted by molar-refractivity contribution is 7.90. The van der Waals surface area contributed by atoms with Crippen molar-refractivity contribution < 1.29 is 27.6 Å². The molecule has 5 heterocycles. The summed E-state index contributed by atoms with van der Waals surface area (Å²) in [6.07, 6.45) is 5.61. The summed E-state index contributed by atoms with van der Waals surface area (Å²) >= 11 is 6.27. The number of amides is 1. The quantitative estimate of drug-likeness (QED) is 0.0774. The number of rotatable bonds is 13. The molecule has 0 spiro atoms. The van der Waals surface area contributed by atoms with E-state index in [0.717, 1.165) is 87.2 Å². The molecule has 0 unspecified atom stereocenters. The monoisotopic (exact) mass is 937 g/mol. The van der Waals surface area contributed by atoms with Crippen molar-refractivity contribution in [3.63, 3.8) is 0 Å². The Morgan fingerprint density at radius 3 is 2.48 bits per heavy atom. The van der Waals surface area contributed by atoms with Gasteiger partial charge in [0.25, 0.3) is 21.6 Å². The highest BCUT2D eigenvalue weighted by atomic mass is 35.5. The topological polar surface area (TPSA) is 179 Å². The molecular formula is C48H56ClN9O7S. The van der Waals surface area contributed by atoms with E-state index in [9.17, 15) is 23.3 Å². The molecule has 18 heteroatoms. The molecule has 16 nitrogen and oxygen atoms in total. The number of nitrogens with one attached hydrogen (secondary N) is 3. The molecule has 4 aliphatic rings. The number of ether oxygens (including phenoxy) is 2. The first-order valence-corrected chi connectivity index (χ1v) is 24.5. The van der Waals surface area contributed by atoms with Gasteiger partial charge < -0.3 is 29.6 Å². The van der Waals surface area contributed by atoms with E-state index in [2.05, 4.69) is 55.7 Å². The number of fused-ring (bicyclic) bond motifs is 2. The van der Waals surface area contributed by atoms with Crippen LogP contribution in [0.15, 0.2) is 89.5 Å². The molecule has 1 amide bonds. The lowest BCUT2D eigenvalue weighted by atomic mass is 9.72. The van der Waals surface area contributed by atoms with Gasteiger partial charge in [0, 0.05) is 93.8 Å². The number of allylic oxidation sites excluding steroid dienone is 1. The van der Waals surface area contributed by atoms with Crippen LogP contribution in [0, 0.1) is 15.5 Å². The van der Waals surface area contributed by atoms with Crippen LogP contribution < -0.4 is 24.6 Å². The second kappa shape index (κ2) is 19.2. The van der Waals surface area contributed by atoms with E-state index in [-0.39, 0.29) is 16.7 Å². The Bertz CT molecular complexity index is 2750. The van der Waals surface area contributed by atoms with Gasteiger partial charge in [0.2, 0.25) is 5.88 Å². The van der Waals surface area contributed by atoms with E-state index in [1.165, 1.54) is 28.8 Å². The number of aromatic amines is 1. The van der Waals surface area contributed by atoms with Crippen LogP contribution in [-0.2, 0) is 14.8 Å². The minimum absolute atomic E-state index is 0.112. The van der Waals surface area contributed by atoms with Crippen molar-refractivity contribution >= 4 is 72.6 Å². The van der Waals surface area contributed by atoms with Crippen molar-refractivity contribution in [2.75, 3.05) is 100 Å². The SMILES string of the molecule is CC1(C)CCC(CN2CCN(c3ccc(C(=O)NS(=O)(=O)c4ccc(NCCN5CCOCC5)c([N+](=O)[O-])c4)c(N4CCCOc5nc6[nH]ccc6cc54)c3)CC2)=C(c2ccc(Cl)cc2)C1. The third kappa shape index (κ3) is 10.1. The van der Waals surface area contributed by atoms with E-state index in [0.29, 0.717) is 68.8 Å². The van der Waals surface area contributed by atoms with Gasteiger partial charge in [-0.2, -0.15) is 4.98 Å². The fraction of sp³-hybridized carbons (Fsp3) is 0.417.